The Morgan fingerprint density at radius 1 is 0.510 bits per heavy atom. The number of hydrogen-bond donors (Lipinski definition) is 0. The Morgan fingerprint density at radius 3 is 1.08 bits per heavy atom. The van der Waals surface area contributed by atoms with Crippen LogP contribution in [0.1, 0.15) is 153 Å². The molecule has 0 bridgehead atoms. The van der Waals surface area contributed by atoms with Gasteiger partial charge in [0.05, 0.1) is 13.2 Å². The van der Waals surface area contributed by atoms with Crippen LogP contribution in [0.2, 0.25) is 36.3 Å². The molecule has 4 fully saturated rings. The molecule has 0 atom stereocenters. The zero-order valence-electron chi connectivity index (χ0n) is 32.6. The minimum Gasteiger partial charge on any atom is -0.493 e. The van der Waals surface area contributed by atoms with Gasteiger partial charge in [-0.05, 0) is 157 Å². The summed E-state index contributed by atoms with van der Waals surface area (Å²) < 4.78 is 21.7. The molecular formula is C44H70O3Si2. The number of benzene rings is 2. The Hall–Kier alpha value is -1.57. The molecule has 0 heterocycles. The maximum absolute atomic E-state index is 7.72. The molecule has 0 aromatic heterocycles. The molecule has 0 amide bonds. The van der Waals surface area contributed by atoms with E-state index in [1.807, 2.05) is 0 Å². The van der Waals surface area contributed by atoms with E-state index >= 15 is 0 Å². The van der Waals surface area contributed by atoms with Crippen molar-refractivity contribution in [2.24, 2.45) is 23.7 Å². The van der Waals surface area contributed by atoms with Gasteiger partial charge >= 0.3 is 0 Å². The number of para-hydroxylation sites is 2. The Balaban J connectivity index is 1.16. The van der Waals surface area contributed by atoms with E-state index in [2.05, 4.69) is 91.8 Å². The van der Waals surface area contributed by atoms with Crippen LogP contribution in [0.5, 0.6) is 11.5 Å². The van der Waals surface area contributed by atoms with Gasteiger partial charge in [0.1, 0.15) is 11.5 Å². The summed E-state index contributed by atoms with van der Waals surface area (Å²) >= 11 is 0. The molecule has 2 aromatic carbocycles. The van der Waals surface area contributed by atoms with Crippen molar-refractivity contribution >= 4 is 16.6 Å². The third kappa shape index (κ3) is 8.74. The fourth-order valence-electron chi connectivity index (χ4n) is 9.26. The molecule has 272 valence electrons. The Morgan fingerprint density at radius 2 is 0.816 bits per heavy atom. The first-order valence-electron chi connectivity index (χ1n) is 20.9. The maximum Gasteiger partial charge on any atom is 0.182 e. The van der Waals surface area contributed by atoms with Crippen LogP contribution in [0.15, 0.2) is 36.4 Å². The summed E-state index contributed by atoms with van der Waals surface area (Å²) in [4.78, 5) is 0. The van der Waals surface area contributed by atoms with Crippen LogP contribution in [0.3, 0.4) is 0 Å². The zero-order valence-corrected chi connectivity index (χ0v) is 34.6. The van der Waals surface area contributed by atoms with Crippen molar-refractivity contribution in [1.82, 2.24) is 0 Å². The largest absolute Gasteiger partial charge is 0.493 e. The van der Waals surface area contributed by atoms with Gasteiger partial charge in [0, 0.05) is 0 Å². The van der Waals surface area contributed by atoms with E-state index in [4.69, 9.17) is 13.6 Å². The van der Waals surface area contributed by atoms with Crippen LogP contribution in [-0.4, -0.2) is 29.8 Å². The van der Waals surface area contributed by atoms with Gasteiger partial charge in [-0.1, -0.05) is 91.8 Å². The van der Waals surface area contributed by atoms with Gasteiger partial charge in [-0.3, -0.25) is 0 Å². The van der Waals surface area contributed by atoms with E-state index in [9.17, 15) is 0 Å². The summed E-state index contributed by atoms with van der Waals surface area (Å²) in [6.07, 6.45) is 11.2. The lowest BCUT2D eigenvalue weighted by atomic mass is 9.86. The fraction of sp³-hybridized carbons (Fsp3) is 0.727. The second kappa shape index (κ2) is 16.0. The summed E-state index contributed by atoms with van der Waals surface area (Å²) in [5.41, 5.74) is 5.85. The van der Waals surface area contributed by atoms with Gasteiger partial charge < -0.3 is 13.6 Å². The van der Waals surface area contributed by atoms with Crippen LogP contribution in [-0.2, 0) is 4.12 Å². The van der Waals surface area contributed by atoms with Crippen molar-refractivity contribution in [3.8, 4) is 11.5 Å². The smallest absolute Gasteiger partial charge is 0.182 e. The normalized spacial score (nSPS) is 18.7. The van der Waals surface area contributed by atoms with Gasteiger partial charge in [-0.15, -0.1) is 0 Å². The van der Waals surface area contributed by atoms with Crippen molar-refractivity contribution < 1.29 is 13.6 Å². The molecule has 0 aliphatic heterocycles. The van der Waals surface area contributed by atoms with Crippen LogP contribution >= 0.6 is 0 Å². The number of rotatable bonds is 22. The Labute approximate surface area is 302 Å². The number of hydrogen-bond acceptors (Lipinski definition) is 3. The second-order valence-corrected chi connectivity index (χ2v) is 26.7. The standard InChI is InChI=1S/C44H70O3Si2/c1-9-48(10-2,29-27-45-43-37(31(5)6)15-13-17-39(43)41(33-19-20-33)34-21-22-34)47-49(11-3,12-4)30-28-46-44-38(32(7)8)16-14-18-40(44)42(35-23-24-35)36-25-26-36/h13-18,31-36,41-42H,9-12,19-30H2,1-8H3. The zero-order chi connectivity index (χ0) is 34.8. The van der Waals surface area contributed by atoms with Gasteiger partial charge in [-0.25, -0.2) is 0 Å². The van der Waals surface area contributed by atoms with E-state index in [0.717, 1.165) is 49.0 Å². The maximum atomic E-state index is 7.72. The summed E-state index contributed by atoms with van der Waals surface area (Å²) in [6, 6.07) is 20.9. The average Bonchev–Trinajstić information content (AvgIpc) is 3.90. The average molecular weight is 703 g/mol. The molecule has 0 unspecified atom stereocenters. The third-order valence-electron chi connectivity index (χ3n) is 13.3. The molecule has 5 heteroatoms. The predicted octanol–water partition coefficient (Wildman–Crippen LogP) is 13.2. The molecule has 49 heavy (non-hydrogen) atoms. The first-order valence-corrected chi connectivity index (χ1v) is 26.0. The van der Waals surface area contributed by atoms with E-state index in [0.29, 0.717) is 23.7 Å². The minimum atomic E-state index is -2.00. The molecule has 2 aromatic rings. The first kappa shape index (κ1) is 37.2. The third-order valence-corrected chi connectivity index (χ3v) is 24.1. The highest BCUT2D eigenvalue weighted by Crippen LogP contribution is 2.58. The second-order valence-electron chi connectivity index (χ2n) is 17.3. The van der Waals surface area contributed by atoms with Crippen LogP contribution in [0, 0.1) is 23.7 Å². The lowest BCUT2D eigenvalue weighted by molar-refractivity contribution is 0.310. The monoisotopic (exact) mass is 702 g/mol. The van der Waals surface area contributed by atoms with Crippen LogP contribution in [0.25, 0.3) is 0 Å². The quantitative estimate of drug-likeness (QED) is 0.114. The summed E-state index contributed by atoms with van der Waals surface area (Å²) in [7, 11) is -4.00. The van der Waals surface area contributed by atoms with Gasteiger partial charge in [0.25, 0.3) is 0 Å². The highest BCUT2D eigenvalue weighted by Gasteiger charge is 2.46. The molecule has 6 rings (SSSR count). The molecule has 0 radical (unpaired) electrons. The molecule has 3 nitrogen and oxygen atoms in total. The van der Waals surface area contributed by atoms with Gasteiger partial charge in [0.2, 0.25) is 0 Å². The van der Waals surface area contributed by atoms with Gasteiger partial charge in [-0.2, -0.15) is 0 Å². The first-order chi connectivity index (χ1) is 23.7. The molecule has 0 spiro atoms. The van der Waals surface area contributed by atoms with E-state index in [1.54, 1.807) is 0 Å². The predicted molar refractivity (Wildman–Crippen MR) is 213 cm³/mol. The summed E-state index contributed by atoms with van der Waals surface area (Å²) in [5, 5.41) is 0. The van der Waals surface area contributed by atoms with E-state index in [-0.39, 0.29) is 0 Å². The Bertz CT molecular complexity index is 1230. The highest BCUT2D eigenvalue weighted by molar-refractivity contribution is 6.87. The van der Waals surface area contributed by atoms with Crippen molar-refractivity contribution in [2.75, 3.05) is 13.2 Å². The van der Waals surface area contributed by atoms with Crippen molar-refractivity contribution in [3.63, 3.8) is 0 Å². The van der Waals surface area contributed by atoms with Crippen molar-refractivity contribution in [2.45, 2.75) is 167 Å². The van der Waals surface area contributed by atoms with Crippen LogP contribution < -0.4 is 9.47 Å². The minimum absolute atomic E-state index is 0.468. The molecule has 4 aliphatic carbocycles. The highest BCUT2D eigenvalue weighted by atomic mass is 28.4. The van der Waals surface area contributed by atoms with E-state index < -0.39 is 16.6 Å². The lowest BCUT2D eigenvalue weighted by Gasteiger charge is -2.41. The molecule has 4 aliphatic rings. The van der Waals surface area contributed by atoms with Crippen molar-refractivity contribution in [1.29, 1.82) is 0 Å². The summed E-state index contributed by atoms with van der Waals surface area (Å²) in [6.45, 7) is 20.5. The summed E-state index contributed by atoms with van der Waals surface area (Å²) in [5.74, 6) is 8.30. The Kier molecular flexibility index (Phi) is 12.1. The van der Waals surface area contributed by atoms with Crippen LogP contribution in [0.4, 0.5) is 0 Å². The van der Waals surface area contributed by atoms with Crippen molar-refractivity contribution in [3.05, 3.63) is 58.7 Å². The molecule has 0 saturated heterocycles. The lowest BCUT2D eigenvalue weighted by Crippen LogP contribution is -2.51. The topological polar surface area (TPSA) is 27.7 Å². The molecule has 0 N–H and O–H groups in total. The molecular weight excluding hydrogens is 633 g/mol. The molecule has 4 saturated carbocycles. The SMILES string of the molecule is CC[Si](CC)(CCOc1c(C(C)C)cccc1C(C1CC1)C1CC1)O[Si](CC)(CC)CCOc1c(C(C)C)cccc1C(C1CC1)C1CC1. The number of ether oxygens (including phenoxy) is 2. The van der Waals surface area contributed by atoms with Gasteiger partial charge in [0.15, 0.2) is 16.6 Å². The van der Waals surface area contributed by atoms with E-state index in [1.165, 1.54) is 109 Å². The fourth-order valence-corrected chi connectivity index (χ4v) is 19.4.